The van der Waals surface area contributed by atoms with Crippen LogP contribution in [0, 0.1) is 17.7 Å². The highest BCUT2D eigenvalue weighted by Gasteiger charge is 2.46. The second-order valence-corrected chi connectivity index (χ2v) is 9.65. The van der Waals surface area contributed by atoms with Gasteiger partial charge in [-0.3, -0.25) is 20.5 Å². The number of hydrogen-bond donors (Lipinski definition) is 4. The number of hydrazine groups is 1. The highest BCUT2D eigenvalue weighted by Crippen LogP contribution is 2.36. The van der Waals surface area contributed by atoms with Crippen molar-refractivity contribution in [2.75, 3.05) is 43.6 Å². The van der Waals surface area contributed by atoms with Crippen LogP contribution in [0.4, 0.5) is 20.8 Å². The molecule has 2 heterocycles. The summed E-state index contributed by atoms with van der Waals surface area (Å²) in [5, 5.41) is 11.1. The molecule has 1 aromatic rings. The second-order valence-electron chi connectivity index (χ2n) is 9.31. The summed E-state index contributed by atoms with van der Waals surface area (Å²) >= 11 is 6.06. The summed E-state index contributed by atoms with van der Waals surface area (Å²) in [6.45, 7) is 6.26. The van der Waals surface area contributed by atoms with E-state index in [1.807, 2.05) is 11.9 Å². The predicted octanol–water partition coefficient (Wildman–Crippen LogP) is 3.10. The lowest BCUT2D eigenvalue weighted by atomic mass is 9.85. The Morgan fingerprint density at radius 3 is 2.56 bits per heavy atom. The molecule has 190 valence electrons. The molecule has 2 fully saturated rings. The average Bonchev–Trinajstić information content (AvgIpc) is 3.29. The van der Waals surface area contributed by atoms with Gasteiger partial charge in [0.05, 0.1) is 11.5 Å². The van der Waals surface area contributed by atoms with E-state index in [1.54, 1.807) is 0 Å². The summed E-state index contributed by atoms with van der Waals surface area (Å²) in [7, 11) is 2.05. The minimum absolute atomic E-state index is 0.0184. The Morgan fingerprint density at radius 2 is 1.97 bits per heavy atom. The maximum Gasteiger partial charge on any atom is 0.404 e. The summed E-state index contributed by atoms with van der Waals surface area (Å²) in [5.74, 6) is -1.50. The first-order valence-corrected chi connectivity index (χ1v) is 12.3. The minimum atomic E-state index is -1.19. The minimum Gasteiger partial charge on any atom is -0.465 e. The third-order valence-corrected chi connectivity index (χ3v) is 7.45. The lowest BCUT2D eigenvalue weighted by molar-refractivity contribution is -0.124. The van der Waals surface area contributed by atoms with Crippen LogP contribution in [0.1, 0.15) is 52.4 Å². The van der Waals surface area contributed by atoms with E-state index < -0.39 is 23.7 Å². The Morgan fingerprint density at radius 1 is 1.29 bits per heavy atom. The lowest BCUT2D eigenvalue weighted by Gasteiger charge is -2.55. The molecule has 1 saturated heterocycles. The van der Waals surface area contributed by atoms with Crippen molar-refractivity contribution in [2.24, 2.45) is 11.8 Å². The molecule has 12 heteroatoms. The van der Waals surface area contributed by atoms with Crippen molar-refractivity contribution in [1.82, 2.24) is 25.6 Å². The molecule has 1 aromatic heterocycles. The van der Waals surface area contributed by atoms with Gasteiger partial charge in [0.15, 0.2) is 11.6 Å². The Bertz CT molecular complexity index is 878. The smallest absolute Gasteiger partial charge is 0.404 e. The number of rotatable bonds is 11. The Kier molecular flexibility index (Phi) is 8.75. The van der Waals surface area contributed by atoms with Crippen molar-refractivity contribution in [3.8, 4) is 0 Å². The van der Waals surface area contributed by atoms with Crippen LogP contribution in [-0.2, 0) is 4.79 Å². The average molecular weight is 500 g/mol. The third-order valence-electron chi connectivity index (χ3n) is 7.29. The number of anilines is 2. The summed E-state index contributed by atoms with van der Waals surface area (Å²) in [4.78, 5) is 35.8. The first-order chi connectivity index (χ1) is 16.2. The normalized spacial score (nSPS) is 18.5. The van der Waals surface area contributed by atoms with Gasteiger partial charge in [-0.1, -0.05) is 39.5 Å². The van der Waals surface area contributed by atoms with Crippen LogP contribution in [0.3, 0.4) is 0 Å². The van der Waals surface area contributed by atoms with E-state index >= 15 is 4.39 Å². The van der Waals surface area contributed by atoms with Gasteiger partial charge in [0.1, 0.15) is 0 Å². The molecule has 0 aromatic carbocycles. The van der Waals surface area contributed by atoms with Gasteiger partial charge in [-0.05, 0) is 44.0 Å². The standard InChI is InChI=1S/C22H35ClFN7O3/c1-4-22(30(3)5-2)12-31(13-22)18-16(24)17(26-20(23)27-18)28-29-19(32)15(11-25-21(33)34)10-14-8-6-7-9-14/h14-15,25H,4-13H2,1-3H3,(H,29,32)(H,33,34)(H,26,27,28)/t15-/m1/s1. The molecular formula is C22H35ClFN7O3. The molecule has 10 nitrogen and oxygen atoms in total. The Hall–Kier alpha value is -2.40. The zero-order chi connectivity index (χ0) is 24.9. The maximum atomic E-state index is 15.3. The lowest BCUT2D eigenvalue weighted by Crippen LogP contribution is -2.69. The van der Waals surface area contributed by atoms with Crippen LogP contribution in [0.2, 0.25) is 5.28 Å². The van der Waals surface area contributed by atoms with E-state index in [1.165, 1.54) is 0 Å². The molecule has 1 aliphatic heterocycles. The molecule has 2 amide bonds. The largest absolute Gasteiger partial charge is 0.465 e. The zero-order valence-electron chi connectivity index (χ0n) is 20.0. The summed E-state index contributed by atoms with van der Waals surface area (Å²) in [5.41, 5.74) is 4.97. The Balaban J connectivity index is 1.67. The molecule has 34 heavy (non-hydrogen) atoms. The number of nitrogens with zero attached hydrogens (tertiary/aromatic N) is 4. The first kappa shape index (κ1) is 26.2. The molecule has 2 aliphatic rings. The van der Waals surface area contributed by atoms with Crippen LogP contribution in [0.15, 0.2) is 0 Å². The van der Waals surface area contributed by atoms with Gasteiger partial charge in [0.25, 0.3) is 0 Å². The number of carboxylic acid groups (broad SMARTS) is 1. The molecule has 1 atom stereocenters. The molecule has 1 saturated carbocycles. The number of hydrogen-bond acceptors (Lipinski definition) is 7. The molecule has 0 bridgehead atoms. The van der Waals surface area contributed by atoms with E-state index in [4.69, 9.17) is 16.7 Å². The third kappa shape index (κ3) is 5.99. The topological polar surface area (TPSA) is 123 Å². The van der Waals surface area contributed by atoms with Crippen LogP contribution >= 0.6 is 11.6 Å². The van der Waals surface area contributed by atoms with Crippen LogP contribution in [0.25, 0.3) is 0 Å². The van der Waals surface area contributed by atoms with Gasteiger partial charge in [0.2, 0.25) is 17.0 Å². The van der Waals surface area contributed by atoms with Crippen molar-refractivity contribution in [1.29, 1.82) is 0 Å². The van der Waals surface area contributed by atoms with E-state index in [0.29, 0.717) is 25.4 Å². The quantitative estimate of drug-likeness (QED) is 0.270. The van der Waals surface area contributed by atoms with Crippen LogP contribution in [-0.4, -0.2) is 70.7 Å². The fourth-order valence-electron chi connectivity index (χ4n) is 4.95. The molecule has 1 aliphatic carbocycles. The fourth-order valence-corrected chi connectivity index (χ4v) is 5.11. The van der Waals surface area contributed by atoms with Crippen molar-refractivity contribution < 1.29 is 19.1 Å². The van der Waals surface area contributed by atoms with Gasteiger partial charge >= 0.3 is 6.09 Å². The first-order valence-electron chi connectivity index (χ1n) is 11.9. The fraction of sp³-hybridized carbons (Fsp3) is 0.727. The number of nitrogens with one attached hydrogen (secondary N) is 3. The van der Waals surface area contributed by atoms with Gasteiger partial charge < -0.3 is 15.3 Å². The van der Waals surface area contributed by atoms with E-state index in [9.17, 15) is 9.59 Å². The van der Waals surface area contributed by atoms with Gasteiger partial charge in [0, 0.05) is 19.6 Å². The molecular weight excluding hydrogens is 465 g/mol. The number of aromatic nitrogens is 2. The molecule has 4 N–H and O–H groups in total. The Labute approximate surface area is 204 Å². The van der Waals surface area contributed by atoms with Crippen molar-refractivity contribution in [2.45, 2.75) is 57.9 Å². The number of amides is 2. The molecule has 0 radical (unpaired) electrons. The number of carbonyl (C=O) groups excluding carboxylic acids is 1. The number of halogens is 2. The van der Waals surface area contributed by atoms with E-state index in [0.717, 1.165) is 38.6 Å². The van der Waals surface area contributed by atoms with Gasteiger partial charge in [-0.25, -0.2) is 4.79 Å². The predicted molar refractivity (Wildman–Crippen MR) is 128 cm³/mol. The molecule has 3 rings (SSSR count). The second kappa shape index (κ2) is 11.4. The van der Waals surface area contributed by atoms with Gasteiger partial charge in [-0.2, -0.15) is 14.4 Å². The highest BCUT2D eigenvalue weighted by atomic mass is 35.5. The molecule has 0 spiro atoms. The van der Waals surface area contributed by atoms with Crippen LogP contribution in [0.5, 0.6) is 0 Å². The van der Waals surface area contributed by atoms with Crippen molar-refractivity contribution >= 4 is 35.2 Å². The zero-order valence-corrected chi connectivity index (χ0v) is 20.8. The summed E-state index contributed by atoms with van der Waals surface area (Å²) in [6.07, 6.45) is 4.55. The summed E-state index contributed by atoms with van der Waals surface area (Å²) in [6, 6.07) is 0. The van der Waals surface area contributed by atoms with E-state index in [2.05, 4.69) is 44.9 Å². The summed E-state index contributed by atoms with van der Waals surface area (Å²) < 4.78 is 15.3. The van der Waals surface area contributed by atoms with Crippen molar-refractivity contribution in [3.05, 3.63) is 11.1 Å². The monoisotopic (exact) mass is 499 g/mol. The van der Waals surface area contributed by atoms with Gasteiger partial charge in [-0.15, -0.1) is 0 Å². The maximum absolute atomic E-state index is 15.3. The number of likely N-dealkylation sites (N-methyl/N-ethyl adjacent to an activating group) is 1. The van der Waals surface area contributed by atoms with Crippen molar-refractivity contribution in [3.63, 3.8) is 0 Å². The number of carbonyl (C=O) groups is 2. The van der Waals surface area contributed by atoms with E-state index in [-0.39, 0.29) is 29.0 Å². The molecule has 0 unspecified atom stereocenters. The van der Waals surface area contributed by atoms with Crippen LogP contribution < -0.4 is 21.1 Å². The SMILES string of the molecule is CCN(C)C1(CC)CN(c2nc(Cl)nc(NNC(=O)[C@@H](CNC(=O)O)CC3CCCC3)c2F)C1. The highest BCUT2D eigenvalue weighted by molar-refractivity contribution is 6.28.